The standard InChI is InChI=1S/C16H24N6O2/c1-11-7-15(19-16(17-11)10-24-2)18-13-5-3-4-6-14(13)22-8-12(9-23)20-21-22/h7-8,13-14,23H,3-6,9-10H2,1-2H3,(H,17,18,19)/t13-,14+/m0/s1. The molecule has 0 unspecified atom stereocenters. The molecule has 0 bridgehead atoms. The number of aliphatic hydroxyl groups is 1. The fraction of sp³-hybridized carbons (Fsp3) is 0.625. The lowest BCUT2D eigenvalue weighted by Crippen LogP contribution is -2.35. The second-order valence-corrected chi connectivity index (χ2v) is 6.19. The smallest absolute Gasteiger partial charge is 0.156 e. The molecule has 8 nitrogen and oxygen atoms in total. The molecule has 0 spiro atoms. The molecule has 0 aliphatic heterocycles. The fourth-order valence-electron chi connectivity index (χ4n) is 3.23. The SMILES string of the molecule is COCc1nc(C)cc(N[C@H]2CCCC[C@H]2n2cc(CO)nn2)n1. The maximum absolute atomic E-state index is 9.20. The lowest BCUT2D eigenvalue weighted by atomic mass is 9.90. The van der Waals surface area contributed by atoms with Gasteiger partial charge in [-0.1, -0.05) is 18.1 Å². The molecule has 130 valence electrons. The topological polar surface area (TPSA) is 98.0 Å². The number of aryl methyl sites for hydroxylation is 1. The zero-order valence-corrected chi connectivity index (χ0v) is 14.1. The van der Waals surface area contributed by atoms with Crippen LogP contribution in [0, 0.1) is 6.92 Å². The van der Waals surface area contributed by atoms with Gasteiger partial charge in [-0.3, -0.25) is 0 Å². The number of nitrogens with zero attached hydrogens (tertiary/aromatic N) is 5. The number of rotatable bonds is 6. The van der Waals surface area contributed by atoms with Gasteiger partial charge in [-0.05, 0) is 19.8 Å². The predicted molar refractivity (Wildman–Crippen MR) is 88.3 cm³/mol. The Hall–Kier alpha value is -2.06. The summed E-state index contributed by atoms with van der Waals surface area (Å²) in [5, 5.41) is 20.9. The lowest BCUT2D eigenvalue weighted by Gasteiger charge is -2.32. The number of anilines is 1. The third-order valence-corrected chi connectivity index (χ3v) is 4.30. The Balaban J connectivity index is 1.78. The van der Waals surface area contributed by atoms with Gasteiger partial charge in [0.2, 0.25) is 0 Å². The minimum Gasteiger partial charge on any atom is -0.390 e. The van der Waals surface area contributed by atoms with Gasteiger partial charge in [-0.15, -0.1) is 5.10 Å². The summed E-state index contributed by atoms with van der Waals surface area (Å²) >= 11 is 0. The Morgan fingerprint density at radius 3 is 2.92 bits per heavy atom. The van der Waals surface area contributed by atoms with Gasteiger partial charge in [0, 0.05) is 18.9 Å². The van der Waals surface area contributed by atoms with Gasteiger partial charge in [-0.2, -0.15) is 0 Å². The summed E-state index contributed by atoms with van der Waals surface area (Å²) in [6.07, 6.45) is 6.23. The Bertz CT molecular complexity index is 674. The normalized spacial score (nSPS) is 21.0. The van der Waals surface area contributed by atoms with Crippen molar-refractivity contribution in [2.45, 2.75) is 57.9 Å². The van der Waals surface area contributed by atoms with Crippen LogP contribution in [0.15, 0.2) is 12.3 Å². The van der Waals surface area contributed by atoms with Crippen molar-refractivity contribution in [1.29, 1.82) is 0 Å². The van der Waals surface area contributed by atoms with Gasteiger partial charge in [-0.25, -0.2) is 14.6 Å². The molecule has 2 atom stereocenters. The first-order valence-corrected chi connectivity index (χ1v) is 8.31. The van der Waals surface area contributed by atoms with E-state index in [1.54, 1.807) is 7.11 Å². The van der Waals surface area contributed by atoms with Crippen molar-refractivity contribution in [3.8, 4) is 0 Å². The van der Waals surface area contributed by atoms with Gasteiger partial charge >= 0.3 is 0 Å². The summed E-state index contributed by atoms with van der Waals surface area (Å²) < 4.78 is 7.00. The van der Waals surface area contributed by atoms with Crippen LogP contribution in [0.2, 0.25) is 0 Å². The van der Waals surface area contributed by atoms with Gasteiger partial charge in [0.1, 0.15) is 18.1 Å². The number of nitrogens with one attached hydrogen (secondary N) is 1. The van der Waals surface area contributed by atoms with E-state index in [4.69, 9.17) is 4.74 Å². The Morgan fingerprint density at radius 1 is 1.33 bits per heavy atom. The summed E-state index contributed by atoms with van der Waals surface area (Å²) in [6.45, 7) is 2.26. The molecule has 0 aromatic carbocycles. The highest BCUT2D eigenvalue weighted by Crippen LogP contribution is 2.30. The summed E-state index contributed by atoms with van der Waals surface area (Å²) in [5.74, 6) is 1.49. The molecular formula is C16H24N6O2. The average Bonchev–Trinajstić information content (AvgIpc) is 3.04. The van der Waals surface area contributed by atoms with Crippen LogP contribution in [-0.4, -0.2) is 43.2 Å². The van der Waals surface area contributed by atoms with Gasteiger partial charge in [0.25, 0.3) is 0 Å². The number of hydrogen-bond donors (Lipinski definition) is 2. The maximum Gasteiger partial charge on any atom is 0.156 e. The molecule has 0 saturated heterocycles. The molecule has 8 heteroatoms. The summed E-state index contributed by atoms with van der Waals surface area (Å²) in [4.78, 5) is 8.91. The largest absolute Gasteiger partial charge is 0.390 e. The first-order valence-electron chi connectivity index (χ1n) is 8.31. The van der Waals surface area contributed by atoms with E-state index in [2.05, 4.69) is 25.6 Å². The first kappa shape index (κ1) is 16.8. The van der Waals surface area contributed by atoms with Gasteiger partial charge in [0.05, 0.1) is 24.9 Å². The van der Waals surface area contributed by atoms with Crippen molar-refractivity contribution in [3.63, 3.8) is 0 Å². The molecule has 1 saturated carbocycles. The number of aliphatic hydroxyl groups excluding tert-OH is 1. The van der Waals surface area contributed by atoms with Crippen molar-refractivity contribution in [1.82, 2.24) is 25.0 Å². The zero-order valence-electron chi connectivity index (χ0n) is 14.1. The Morgan fingerprint density at radius 2 is 2.17 bits per heavy atom. The van der Waals surface area contributed by atoms with Crippen LogP contribution in [0.4, 0.5) is 5.82 Å². The molecule has 0 radical (unpaired) electrons. The molecule has 24 heavy (non-hydrogen) atoms. The van der Waals surface area contributed by atoms with Crippen molar-refractivity contribution >= 4 is 5.82 Å². The highest BCUT2D eigenvalue weighted by molar-refractivity contribution is 5.37. The molecule has 1 aliphatic rings. The first-order chi connectivity index (χ1) is 11.7. The molecule has 1 fully saturated rings. The number of ether oxygens (including phenoxy) is 1. The van der Waals surface area contributed by atoms with Crippen molar-refractivity contribution in [2.75, 3.05) is 12.4 Å². The van der Waals surface area contributed by atoms with Gasteiger partial charge in [0.15, 0.2) is 5.82 Å². The molecule has 2 heterocycles. The summed E-state index contributed by atoms with van der Waals surface area (Å²) in [7, 11) is 1.64. The third-order valence-electron chi connectivity index (χ3n) is 4.30. The predicted octanol–water partition coefficient (Wildman–Crippen LogP) is 1.61. The van der Waals surface area contributed by atoms with Crippen LogP contribution in [0.3, 0.4) is 0 Å². The molecular weight excluding hydrogens is 308 g/mol. The molecule has 3 rings (SSSR count). The summed E-state index contributed by atoms with van der Waals surface area (Å²) in [6, 6.07) is 2.37. The number of aromatic nitrogens is 5. The van der Waals surface area contributed by atoms with E-state index in [9.17, 15) is 5.11 Å². The van der Waals surface area contributed by atoms with Gasteiger partial charge < -0.3 is 15.2 Å². The monoisotopic (exact) mass is 332 g/mol. The van der Waals surface area contributed by atoms with E-state index in [-0.39, 0.29) is 18.7 Å². The van der Waals surface area contributed by atoms with Crippen molar-refractivity contribution in [2.24, 2.45) is 0 Å². The van der Waals surface area contributed by atoms with E-state index in [1.807, 2.05) is 23.9 Å². The highest BCUT2D eigenvalue weighted by Gasteiger charge is 2.28. The second-order valence-electron chi connectivity index (χ2n) is 6.19. The number of hydrogen-bond acceptors (Lipinski definition) is 7. The van der Waals surface area contributed by atoms with E-state index in [1.165, 1.54) is 6.42 Å². The van der Waals surface area contributed by atoms with Crippen LogP contribution in [0.25, 0.3) is 0 Å². The second kappa shape index (κ2) is 7.67. The van der Waals surface area contributed by atoms with E-state index in [0.717, 1.165) is 30.8 Å². The quantitative estimate of drug-likeness (QED) is 0.829. The average molecular weight is 332 g/mol. The van der Waals surface area contributed by atoms with Crippen LogP contribution < -0.4 is 5.32 Å². The molecule has 2 aromatic rings. The number of methoxy groups -OCH3 is 1. The van der Waals surface area contributed by atoms with Crippen LogP contribution in [-0.2, 0) is 18.0 Å². The summed E-state index contributed by atoms with van der Waals surface area (Å²) in [5.41, 5.74) is 1.51. The lowest BCUT2D eigenvalue weighted by molar-refractivity contribution is 0.177. The fourth-order valence-corrected chi connectivity index (χ4v) is 3.23. The van der Waals surface area contributed by atoms with Crippen molar-refractivity contribution < 1.29 is 9.84 Å². The Kier molecular flexibility index (Phi) is 5.37. The molecule has 2 N–H and O–H groups in total. The van der Waals surface area contributed by atoms with E-state index >= 15 is 0 Å². The zero-order chi connectivity index (χ0) is 16.9. The molecule has 2 aromatic heterocycles. The minimum atomic E-state index is -0.0870. The van der Waals surface area contributed by atoms with Crippen LogP contribution >= 0.6 is 0 Å². The third kappa shape index (κ3) is 3.88. The maximum atomic E-state index is 9.20. The van der Waals surface area contributed by atoms with Crippen LogP contribution in [0.5, 0.6) is 0 Å². The molecule has 0 amide bonds. The molecule has 1 aliphatic carbocycles. The Labute approximate surface area is 141 Å². The van der Waals surface area contributed by atoms with Crippen molar-refractivity contribution in [3.05, 3.63) is 29.5 Å². The highest BCUT2D eigenvalue weighted by atomic mass is 16.5. The van der Waals surface area contributed by atoms with E-state index in [0.29, 0.717) is 18.1 Å². The minimum absolute atomic E-state index is 0.0870. The van der Waals surface area contributed by atoms with E-state index < -0.39 is 0 Å². The van der Waals surface area contributed by atoms with Crippen LogP contribution in [0.1, 0.15) is 48.9 Å².